The van der Waals surface area contributed by atoms with E-state index in [1.807, 2.05) is 17.3 Å². The third kappa shape index (κ3) is 4.09. The van der Waals surface area contributed by atoms with Gasteiger partial charge >= 0.3 is 0 Å². The highest BCUT2D eigenvalue weighted by molar-refractivity contribution is 5.77. The number of rotatable bonds is 4. The number of amides is 1. The molecule has 0 aliphatic carbocycles. The standard InChI is InChI=1S/C18H27N3O2/c1-23-14-17(22)21-11-6-18(7-12-21)5-2-10-20(15-18)13-16-3-8-19-9-4-16/h3-4,8-9H,2,5-7,10-15H2,1H3. The molecule has 1 amide bonds. The van der Waals surface area contributed by atoms with Crippen LogP contribution < -0.4 is 0 Å². The molecule has 5 heteroatoms. The van der Waals surface area contributed by atoms with Gasteiger partial charge in [0.05, 0.1) is 0 Å². The number of methoxy groups -OCH3 is 1. The van der Waals surface area contributed by atoms with Gasteiger partial charge in [0.1, 0.15) is 6.61 Å². The lowest BCUT2D eigenvalue weighted by molar-refractivity contribution is -0.138. The molecule has 0 bridgehead atoms. The van der Waals surface area contributed by atoms with Crippen LogP contribution in [0, 0.1) is 5.41 Å². The number of pyridine rings is 1. The predicted molar refractivity (Wildman–Crippen MR) is 88.9 cm³/mol. The van der Waals surface area contributed by atoms with Crippen molar-refractivity contribution < 1.29 is 9.53 Å². The second-order valence-electron chi connectivity index (χ2n) is 6.98. The van der Waals surface area contributed by atoms with E-state index in [2.05, 4.69) is 22.0 Å². The SMILES string of the molecule is COCC(=O)N1CCC2(CCCN(Cc3ccncc3)C2)CC1. The van der Waals surface area contributed by atoms with Crippen LogP contribution >= 0.6 is 0 Å². The van der Waals surface area contributed by atoms with E-state index < -0.39 is 0 Å². The number of hydrogen-bond acceptors (Lipinski definition) is 4. The summed E-state index contributed by atoms with van der Waals surface area (Å²) < 4.78 is 4.97. The zero-order chi connectivity index (χ0) is 16.1. The molecule has 3 heterocycles. The minimum Gasteiger partial charge on any atom is -0.375 e. The molecule has 1 spiro atoms. The van der Waals surface area contributed by atoms with Crippen LogP contribution in [0.1, 0.15) is 31.2 Å². The Morgan fingerprint density at radius 3 is 2.65 bits per heavy atom. The van der Waals surface area contributed by atoms with Crippen molar-refractivity contribution in [1.29, 1.82) is 0 Å². The Balaban J connectivity index is 1.55. The minimum absolute atomic E-state index is 0.131. The summed E-state index contributed by atoms with van der Waals surface area (Å²) >= 11 is 0. The number of carbonyl (C=O) groups is 1. The van der Waals surface area contributed by atoms with Crippen LogP contribution in [0.5, 0.6) is 0 Å². The maximum atomic E-state index is 12.0. The second-order valence-corrected chi connectivity index (χ2v) is 6.98. The number of ether oxygens (including phenoxy) is 1. The van der Waals surface area contributed by atoms with Crippen molar-refractivity contribution in [1.82, 2.24) is 14.8 Å². The van der Waals surface area contributed by atoms with Gasteiger partial charge in [0.25, 0.3) is 0 Å². The first kappa shape index (κ1) is 16.4. The highest BCUT2D eigenvalue weighted by Gasteiger charge is 2.39. The normalized spacial score (nSPS) is 21.5. The fourth-order valence-electron chi connectivity index (χ4n) is 4.04. The van der Waals surface area contributed by atoms with Crippen molar-refractivity contribution in [3.63, 3.8) is 0 Å². The number of aromatic nitrogens is 1. The lowest BCUT2D eigenvalue weighted by Crippen LogP contribution is -2.51. The molecule has 126 valence electrons. The molecule has 1 aromatic rings. The zero-order valence-electron chi connectivity index (χ0n) is 14.0. The molecular formula is C18H27N3O2. The summed E-state index contributed by atoms with van der Waals surface area (Å²) in [6.45, 7) is 5.31. The number of hydrogen-bond donors (Lipinski definition) is 0. The quantitative estimate of drug-likeness (QED) is 0.851. The van der Waals surface area contributed by atoms with Crippen LogP contribution in [0.3, 0.4) is 0 Å². The molecule has 2 saturated heterocycles. The average molecular weight is 317 g/mol. The topological polar surface area (TPSA) is 45.7 Å². The molecule has 0 radical (unpaired) electrons. The van der Waals surface area contributed by atoms with E-state index in [-0.39, 0.29) is 12.5 Å². The summed E-state index contributed by atoms with van der Waals surface area (Å²) in [6, 6.07) is 4.21. The van der Waals surface area contributed by atoms with Crippen molar-refractivity contribution in [2.45, 2.75) is 32.2 Å². The summed E-state index contributed by atoms with van der Waals surface area (Å²) in [5.41, 5.74) is 1.74. The van der Waals surface area contributed by atoms with Crippen molar-refractivity contribution in [2.75, 3.05) is 39.9 Å². The molecule has 0 atom stereocenters. The van der Waals surface area contributed by atoms with Gasteiger partial charge in [-0.3, -0.25) is 14.7 Å². The van der Waals surface area contributed by atoms with Gasteiger partial charge in [0, 0.05) is 45.7 Å². The average Bonchev–Trinajstić information content (AvgIpc) is 2.57. The molecule has 0 unspecified atom stereocenters. The van der Waals surface area contributed by atoms with Gasteiger partial charge in [-0.2, -0.15) is 0 Å². The molecule has 3 rings (SSSR count). The Labute approximate surface area is 138 Å². The first-order valence-electron chi connectivity index (χ1n) is 8.59. The fourth-order valence-corrected chi connectivity index (χ4v) is 4.04. The van der Waals surface area contributed by atoms with Gasteiger partial charge in [-0.1, -0.05) is 0 Å². The lowest BCUT2D eigenvalue weighted by atomic mass is 9.72. The lowest BCUT2D eigenvalue weighted by Gasteiger charge is -2.47. The summed E-state index contributed by atoms with van der Waals surface area (Å²) in [4.78, 5) is 20.6. The zero-order valence-corrected chi connectivity index (χ0v) is 14.0. The van der Waals surface area contributed by atoms with E-state index >= 15 is 0 Å². The molecule has 2 aliphatic rings. The first-order chi connectivity index (χ1) is 11.2. The van der Waals surface area contributed by atoms with E-state index in [0.717, 1.165) is 39.0 Å². The Morgan fingerprint density at radius 2 is 1.96 bits per heavy atom. The van der Waals surface area contributed by atoms with Crippen LogP contribution in [-0.2, 0) is 16.1 Å². The van der Waals surface area contributed by atoms with Crippen molar-refractivity contribution in [3.05, 3.63) is 30.1 Å². The van der Waals surface area contributed by atoms with E-state index in [0.29, 0.717) is 5.41 Å². The van der Waals surface area contributed by atoms with Gasteiger partial charge in [0.15, 0.2) is 0 Å². The second kappa shape index (κ2) is 7.41. The fraction of sp³-hybridized carbons (Fsp3) is 0.667. The van der Waals surface area contributed by atoms with Gasteiger partial charge in [0.2, 0.25) is 5.91 Å². The summed E-state index contributed by atoms with van der Waals surface area (Å²) in [5, 5.41) is 0. The largest absolute Gasteiger partial charge is 0.375 e. The summed E-state index contributed by atoms with van der Waals surface area (Å²) in [7, 11) is 1.58. The molecule has 2 fully saturated rings. The van der Waals surface area contributed by atoms with Gasteiger partial charge in [-0.05, 0) is 55.3 Å². The van der Waals surface area contributed by atoms with E-state index in [1.54, 1.807) is 7.11 Å². The number of nitrogens with zero attached hydrogens (tertiary/aromatic N) is 3. The van der Waals surface area contributed by atoms with E-state index in [1.165, 1.54) is 24.9 Å². The third-order valence-corrected chi connectivity index (χ3v) is 5.34. The van der Waals surface area contributed by atoms with Crippen molar-refractivity contribution in [2.24, 2.45) is 5.41 Å². The number of carbonyl (C=O) groups excluding carboxylic acids is 1. The molecular weight excluding hydrogens is 290 g/mol. The van der Waals surface area contributed by atoms with E-state index in [9.17, 15) is 4.79 Å². The molecule has 5 nitrogen and oxygen atoms in total. The third-order valence-electron chi connectivity index (χ3n) is 5.34. The Bertz CT molecular complexity index is 512. The van der Waals surface area contributed by atoms with Gasteiger partial charge in [-0.15, -0.1) is 0 Å². The Kier molecular flexibility index (Phi) is 5.28. The first-order valence-corrected chi connectivity index (χ1v) is 8.59. The molecule has 23 heavy (non-hydrogen) atoms. The van der Waals surface area contributed by atoms with Crippen LogP contribution in [0.15, 0.2) is 24.5 Å². The van der Waals surface area contributed by atoms with Crippen LogP contribution in [0.2, 0.25) is 0 Å². The summed E-state index contributed by atoms with van der Waals surface area (Å²) in [5.74, 6) is 0.131. The Hall–Kier alpha value is -1.46. The smallest absolute Gasteiger partial charge is 0.248 e. The summed E-state index contributed by atoms with van der Waals surface area (Å²) in [6.07, 6.45) is 8.54. The van der Waals surface area contributed by atoms with Gasteiger partial charge in [-0.25, -0.2) is 0 Å². The number of piperidine rings is 2. The molecule has 0 N–H and O–H groups in total. The number of likely N-dealkylation sites (tertiary alicyclic amines) is 2. The highest BCUT2D eigenvalue weighted by Crippen LogP contribution is 2.40. The molecule has 0 saturated carbocycles. The molecule has 2 aliphatic heterocycles. The van der Waals surface area contributed by atoms with Crippen LogP contribution in [0.25, 0.3) is 0 Å². The maximum absolute atomic E-state index is 12.0. The van der Waals surface area contributed by atoms with Crippen molar-refractivity contribution >= 4 is 5.91 Å². The highest BCUT2D eigenvalue weighted by atomic mass is 16.5. The van der Waals surface area contributed by atoms with Gasteiger partial charge < -0.3 is 9.64 Å². The van der Waals surface area contributed by atoms with Crippen molar-refractivity contribution in [3.8, 4) is 0 Å². The van der Waals surface area contributed by atoms with Crippen LogP contribution in [-0.4, -0.2) is 60.6 Å². The maximum Gasteiger partial charge on any atom is 0.248 e. The molecule has 1 aromatic heterocycles. The van der Waals surface area contributed by atoms with E-state index in [4.69, 9.17) is 4.74 Å². The van der Waals surface area contributed by atoms with Crippen LogP contribution in [0.4, 0.5) is 0 Å². The Morgan fingerprint density at radius 1 is 1.22 bits per heavy atom. The predicted octanol–water partition coefficient (Wildman–Crippen LogP) is 1.93. The monoisotopic (exact) mass is 317 g/mol. The molecule has 0 aromatic carbocycles. The minimum atomic E-state index is 0.131.